The molecule has 2 aromatic rings. The van der Waals surface area contributed by atoms with Crippen LogP contribution in [0.5, 0.6) is 0 Å². The van der Waals surface area contributed by atoms with Gasteiger partial charge in [0.05, 0.1) is 10.8 Å². The van der Waals surface area contributed by atoms with E-state index in [1.54, 1.807) is 6.20 Å². The number of anilines is 1. The van der Waals surface area contributed by atoms with Crippen LogP contribution in [0.4, 0.5) is 5.69 Å². The molecule has 120 valence electrons. The number of piperidine rings is 1. The van der Waals surface area contributed by atoms with Crippen LogP contribution in [0.25, 0.3) is 0 Å². The summed E-state index contributed by atoms with van der Waals surface area (Å²) in [6, 6.07) is 16.3. The van der Waals surface area contributed by atoms with Gasteiger partial charge < -0.3 is 10.2 Å². The number of benzene rings is 1. The maximum absolute atomic E-state index is 12.4. The molecule has 0 radical (unpaired) electrons. The lowest BCUT2D eigenvalue weighted by Gasteiger charge is -2.33. The van der Waals surface area contributed by atoms with Gasteiger partial charge in [-0.2, -0.15) is 0 Å². The van der Waals surface area contributed by atoms with Crippen LogP contribution >= 0.6 is 11.8 Å². The highest BCUT2D eigenvalue weighted by Gasteiger charge is 2.23. The third-order valence-corrected chi connectivity index (χ3v) is 4.83. The Balaban J connectivity index is 1.50. The minimum absolute atomic E-state index is 0.195. The second kappa shape index (κ2) is 8.02. The third-order valence-electron chi connectivity index (χ3n) is 3.90. The van der Waals surface area contributed by atoms with Gasteiger partial charge in [-0.05, 0) is 37.1 Å². The molecule has 1 N–H and O–H groups in total. The van der Waals surface area contributed by atoms with Gasteiger partial charge in [-0.15, -0.1) is 0 Å². The van der Waals surface area contributed by atoms with Gasteiger partial charge in [-0.3, -0.25) is 4.79 Å². The van der Waals surface area contributed by atoms with Crippen molar-refractivity contribution >= 4 is 23.4 Å². The molecular weight excluding hydrogens is 306 g/mol. The van der Waals surface area contributed by atoms with E-state index < -0.39 is 0 Å². The van der Waals surface area contributed by atoms with Crippen molar-refractivity contribution in [3.05, 3.63) is 54.7 Å². The molecule has 1 aromatic carbocycles. The zero-order valence-corrected chi connectivity index (χ0v) is 13.8. The van der Waals surface area contributed by atoms with Gasteiger partial charge in [-0.1, -0.05) is 36.0 Å². The lowest BCUT2D eigenvalue weighted by molar-refractivity contribution is -0.129. The number of thioether (sulfide) groups is 1. The Kier molecular flexibility index (Phi) is 5.53. The SMILES string of the molecule is O=C(CSc1ccccn1)N1CCC[C@H](Nc2ccccc2)C1. The molecule has 23 heavy (non-hydrogen) atoms. The Morgan fingerprint density at radius 3 is 2.83 bits per heavy atom. The summed E-state index contributed by atoms with van der Waals surface area (Å²) in [6.07, 6.45) is 3.91. The normalized spacial score (nSPS) is 17.7. The van der Waals surface area contributed by atoms with Crippen molar-refractivity contribution in [3.8, 4) is 0 Å². The highest BCUT2D eigenvalue weighted by Crippen LogP contribution is 2.19. The summed E-state index contributed by atoms with van der Waals surface area (Å²) in [7, 11) is 0. The number of pyridine rings is 1. The van der Waals surface area contributed by atoms with Crippen molar-refractivity contribution in [2.75, 3.05) is 24.2 Å². The second-order valence-electron chi connectivity index (χ2n) is 5.65. The van der Waals surface area contributed by atoms with Crippen LogP contribution in [0.1, 0.15) is 12.8 Å². The van der Waals surface area contributed by atoms with E-state index in [2.05, 4.69) is 22.4 Å². The quantitative estimate of drug-likeness (QED) is 0.856. The van der Waals surface area contributed by atoms with E-state index in [4.69, 9.17) is 0 Å². The third kappa shape index (κ3) is 4.73. The molecule has 1 fully saturated rings. The van der Waals surface area contributed by atoms with E-state index >= 15 is 0 Å². The predicted molar refractivity (Wildman–Crippen MR) is 94.6 cm³/mol. The molecule has 1 aliphatic heterocycles. The van der Waals surface area contributed by atoms with E-state index in [0.29, 0.717) is 11.8 Å². The largest absolute Gasteiger partial charge is 0.381 e. The summed E-state index contributed by atoms with van der Waals surface area (Å²) in [5.41, 5.74) is 1.12. The minimum Gasteiger partial charge on any atom is -0.381 e. The highest BCUT2D eigenvalue weighted by molar-refractivity contribution is 7.99. The molecule has 1 aromatic heterocycles. The fourth-order valence-electron chi connectivity index (χ4n) is 2.75. The van der Waals surface area contributed by atoms with Gasteiger partial charge in [0.25, 0.3) is 0 Å². The average Bonchev–Trinajstić information content (AvgIpc) is 2.62. The van der Waals surface area contributed by atoms with Crippen molar-refractivity contribution in [3.63, 3.8) is 0 Å². The number of aromatic nitrogens is 1. The van der Waals surface area contributed by atoms with Crippen LogP contribution < -0.4 is 5.32 Å². The molecule has 3 rings (SSSR count). The number of carbonyl (C=O) groups excluding carboxylic acids is 1. The molecule has 1 amide bonds. The first-order valence-corrected chi connectivity index (χ1v) is 8.93. The number of rotatable bonds is 5. The summed E-state index contributed by atoms with van der Waals surface area (Å²) < 4.78 is 0. The van der Waals surface area contributed by atoms with Crippen molar-refractivity contribution < 1.29 is 4.79 Å². The fourth-order valence-corrected chi connectivity index (χ4v) is 3.52. The van der Waals surface area contributed by atoms with Gasteiger partial charge in [0.1, 0.15) is 0 Å². The number of amides is 1. The first-order valence-electron chi connectivity index (χ1n) is 7.94. The molecule has 5 heteroatoms. The van der Waals surface area contributed by atoms with E-state index in [0.717, 1.165) is 36.6 Å². The van der Waals surface area contributed by atoms with Crippen LogP contribution in [-0.4, -0.2) is 40.7 Å². The van der Waals surface area contributed by atoms with Crippen LogP contribution in [0.2, 0.25) is 0 Å². The van der Waals surface area contributed by atoms with Crippen LogP contribution in [0, 0.1) is 0 Å². The molecule has 0 bridgehead atoms. The van der Waals surface area contributed by atoms with Crippen molar-refractivity contribution in [2.45, 2.75) is 23.9 Å². The van der Waals surface area contributed by atoms with Crippen LogP contribution in [0.3, 0.4) is 0 Å². The number of likely N-dealkylation sites (tertiary alicyclic amines) is 1. The van der Waals surface area contributed by atoms with E-state index in [9.17, 15) is 4.79 Å². The first-order chi connectivity index (χ1) is 11.3. The van der Waals surface area contributed by atoms with Crippen molar-refractivity contribution in [1.82, 2.24) is 9.88 Å². The molecule has 4 nitrogen and oxygen atoms in total. The molecule has 1 atom stereocenters. The zero-order chi connectivity index (χ0) is 15.9. The summed E-state index contributed by atoms with van der Waals surface area (Å²) in [5, 5.41) is 4.43. The van der Waals surface area contributed by atoms with Crippen LogP contribution in [0.15, 0.2) is 59.8 Å². The summed E-state index contributed by atoms with van der Waals surface area (Å²) >= 11 is 1.50. The Morgan fingerprint density at radius 1 is 1.22 bits per heavy atom. The Bertz CT molecular complexity index is 621. The lowest BCUT2D eigenvalue weighted by Crippen LogP contribution is -2.45. The highest BCUT2D eigenvalue weighted by atomic mass is 32.2. The second-order valence-corrected chi connectivity index (χ2v) is 6.64. The van der Waals surface area contributed by atoms with Crippen molar-refractivity contribution in [1.29, 1.82) is 0 Å². The summed E-state index contributed by atoms with van der Waals surface area (Å²) in [4.78, 5) is 18.6. The number of nitrogens with one attached hydrogen (secondary N) is 1. The van der Waals surface area contributed by atoms with E-state index in [1.165, 1.54) is 11.8 Å². The number of hydrogen-bond donors (Lipinski definition) is 1. The number of para-hydroxylation sites is 1. The standard InChI is InChI=1S/C18H21N3OS/c22-18(14-23-17-10-4-5-11-19-17)21-12-6-9-16(13-21)20-15-7-2-1-3-8-15/h1-5,7-8,10-11,16,20H,6,9,12-14H2/t16-/m0/s1. The maximum Gasteiger partial charge on any atom is 0.233 e. The topological polar surface area (TPSA) is 45.2 Å². The van der Waals surface area contributed by atoms with Crippen molar-refractivity contribution in [2.24, 2.45) is 0 Å². The molecular formula is C18H21N3OS. The molecule has 0 unspecified atom stereocenters. The first kappa shape index (κ1) is 15.9. The summed E-state index contributed by atoms with van der Waals surface area (Å²) in [6.45, 7) is 1.63. The van der Waals surface area contributed by atoms with Gasteiger partial charge in [0.15, 0.2) is 0 Å². The predicted octanol–water partition coefficient (Wildman–Crippen LogP) is 3.28. The molecule has 0 saturated carbocycles. The molecule has 0 aliphatic carbocycles. The Hall–Kier alpha value is -2.01. The van der Waals surface area contributed by atoms with Gasteiger partial charge in [0, 0.05) is 31.0 Å². The molecule has 1 saturated heterocycles. The lowest BCUT2D eigenvalue weighted by atomic mass is 10.1. The average molecular weight is 327 g/mol. The number of carbonyl (C=O) groups is 1. The zero-order valence-electron chi connectivity index (χ0n) is 13.0. The number of hydrogen-bond acceptors (Lipinski definition) is 4. The fraction of sp³-hybridized carbons (Fsp3) is 0.333. The summed E-state index contributed by atoms with van der Waals surface area (Å²) in [5.74, 6) is 0.648. The number of nitrogens with zero attached hydrogens (tertiary/aromatic N) is 2. The van der Waals surface area contributed by atoms with Crippen LogP contribution in [-0.2, 0) is 4.79 Å². The van der Waals surface area contributed by atoms with Gasteiger partial charge in [0.2, 0.25) is 5.91 Å². The van der Waals surface area contributed by atoms with E-state index in [-0.39, 0.29) is 5.91 Å². The van der Waals surface area contributed by atoms with Gasteiger partial charge >= 0.3 is 0 Å². The molecule has 1 aliphatic rings. The molecule has 2 heterocycles. The molecule has 0 spiro atoms. The Labute approximate surface area is 141 Å². The maximum atomic E-state index is 12.4. The smallest absolute Gasteiger partial charge is 0.233 e. The monoisotopic (exact) mass is 327 g/mol. The Morgan fingerprint density at radius 2 is 2.04 bits per heavy atom. The van der Waals surface area contributed by atoms with Gasteiger partial charge in [-0.25, -0.2) is 4.98 Å². The van der Waals surface area contributed by atoms with E-state index in [1.807, 2.05) is 41.3 Å². The minimum atomic E-state index is 0.195.